The number of aliphatic hydroxyl groups is 1. The highest BCUT2D eigenvalue weighted by atomic mass is 19.1. The summed E-state index contributed by atoms with van der Waals surface area (Å²) in [5.74, 6) is -2.17. The van der Waals surface area contributed by atoms with Crippen molar-refractivity contribution >= 4 is 5.91 Å². The molecule has 1 aromatic rings. The lowest BCUT2D eigenvalue weighted by Gasteiger charge is -2.20. The van der Waals surface area contributed by atoms with Crippen molar-refractivity contribution in [3.05, 3.63) is 41.7 Å². The van der Waals surface area contributed by atoms with Crippen LogP contribution in [-0.4, -0.2) is 34.0 Å². The standard InChI is InChI=1S/C13H16FNO5/c1-2-20-11(5-6-12(17)15-19)13(18)8-3-4-10(16)9(14)7-8/h3-7,11,13,16,18-19H,2H2,1H3,(H,15,17)/b6-5+/t11-,13-/m1/s1. The molecule has 0 aliphatic rings. The number of carbonyl (C=O) groups is 1. The molecule has 0 saturated heterocycles. The first-order valence-electron chi connectivity index (χ1n) is 5.90. The van der Waals surface area contributed by atoms with Gasteiger partial charge in [-0.25, -0.2) is 9.87 Å². The lowest BCUT2D eigenvalue weighted by Crippen LogP contribution is -2.22. The van der Waals surface area contributed by atoms with Gasteiger partial charge >= 0.3 is 0 Å². The van der Waals surface area contributed by atoms with E-state index in [9.17, 15) is 14.3 Å². The molecule has 0 radical (unpaired) electrons. The topological polar surface area (TPSA) is 99.0 Å². The molecule has 0 aromatic heterocycles. The average Bonchev–Trinajstić information content (AvgIpc) is 2.45. The fourth-order valence-electron chi connectivity index (χ4n) is 1.56. The maximum atomic E-state index is 13.2. The van der Waals surface area contributed by atoms with Crippen LogP contribution in [0.2, 0.25) is 0 Å². The highest BCUT2D eigenvalue weighted by Gasteiger charge is 2.20. The molecule has 0 aliphatic carbocycles. The number of aliphatic hydroxyl groups excluding tert-OH is 1. The Bertz CT molecular complexity index is 492. The summed E-state index contributed by atoms with van der Waals surface area (Å²) in [5, 5.41) is 27.6. The fourth-order valence-corrected chi connectivity index (χ4v) is 1.56. The zero-order chi connectivity index (χ0) is 15.1. The van der Waals surface area contributed by atoms with Crippen LogP contribution in [0.4, 0.5) is 4.39 Å². The average molecular weight is 285 g/mol. The molecule has 110 valence electrons. The van der Waals surface area contributed by atoms with Gasteiger partial charge in [-0.1, -0.05) is 6.07 Å². The number of carbonyl (C=O) groups excluding carboxylic acids is 1. The van der Waals surface area contributed by atoms with Gasteiger partial charge in [0, 0.05) is 12.7 Å². The molecule has 0 spiro atoms. The van der Waals surface area contributed by atoms with Crippen molar-refractivity contribution in [3.63, 3.8) is 0 Å². The molecule has 0 unspecified atom stereocenters. The quantitative estimate of drug-likeness (QED) is 0.355. The molecule has 1 amide bonds. The Labute approximate surface area is 115 Å². The van der Waals surface area contributed by atoms with Gasteiger partial charge in [0.25, 0.3) is 5.91 Å². The van der Waals surface area contributed by atoms with Crippen molar-refractivity contribution in [2.45, 2.75) is 19.1 Å². The van der Waals surface area contributed by atoms with Gasteiger partial charge in [-0.05, 0) is 30.7 Å². The summed E-state index contributed by atoms with van der Waals surface area (Å²) in [5.41, 5.74) is 1.59. The Kier molecular flexibility index (Phi) is 6.10. The third-order valence-corrected chi connectivity index (χ3v) is 2.53. The molecule has 1 rings (SSSR count). The maximum absolute atomic E-state index is 13.2. The second kappa shape index (κ2) is 7.59. The van der Waals surface area contributed by atoms with Gasteiger partial charge < -0.3 is 14.9 Å². The zero-order valence-corrected chi connectivity index (χ0v) is 10.8. The molecule has 6 nitrogen and oxygen atoms in total. The van der Waals surface area contributed by atoms with E-state index in [4.69, 9.17) is 15.1 Å². The molecule has 20 heavy (non-hydrogen) atoms. The molecule has 4 N–H and O–H groups in total. The van der Waals surface area contributed by atoms with Gasteiger partial charge in [-0.3, -0.25) is 10.0 Å². The van der Waals surface area contributed by atoms with Crippen LogP contribution in [0.15, 0.2) is 30.4 Å². The molecule has 0 fully saturated rings. The molecular formula is C13H16FNO5. The van der Waals surface area contributed by atoms with E-state index < -0.39 is 29.7 Å². The molecule has 1 aromatic carbocycles. The van der Waals surface area contributed by atoms with E-state index >= 15 is 0 Å². The number of halogens is 1. The number of phenols is 1. The smallest absolute Gasteiger partial charge is 0.267 e. The summed E-state index contributed by atoms with van der Waals surface area (Å²) >= 11 is 0. The Balaban J connectivity index is 2.92. The van der Waals surface area contributed by atoms with Crippen LogP contribution < -0.4 is 5.48 Å². The van der Waals surface area contributed by atoms with Crippen molar-refractivity contribution in [1.82, 2.24) is 5.48 Å². The molecule has 7 heteroatoms. The van der Waals surface area contributed by atoms with Crippen molar-refractivity contribution in [3.8, 4) is 5.75 Å². The minimum absolute atomic E-state index is 0.188. The Morgan fingerprint density at radius 2 is 2.25 bits per heavy atom. The predicted octanol–water partition coefficient (Wildman–Crippen LogP) is 1.03. The lowest BCUT2D eigenvalue weighted by molar-refractivity contribution is -0.124. The van der Waals surface area contributed by atoms with E-state index in [2.05, 4.69) is 0 Å². The number of benzene rings is 1. The van der Waals surface area contributed by atoms with E-state index in [1.165, 1.54) is 17.6 Å². The second-order valence-corrected chi connectivity index (χ2v) is 3.91. The van der Waals surface area contributed by atoms with Gasteiger partial charge in [0.1, 0.15) is 12.2 Å². The number of aromatic hydroxyl groups is 1. The third kappa shape index (κ3) is 4.30. The molecule has 2 atom stereocenters. The number of hydrogen-bond donors (Lipinski definition) is 4. The highest BCUT2D eigenvalue weighted by Crippen LogP contribution is 2.24. The number of ether oxygens (including phenoxy) is 1. The van der Waals surface area contributed by atoms with Crippen molar-refractivity contribution in [2.75, 3.05) is 6.61 Å². The van der Waals surface area contributed by atoms with E-state index in [0.29, 0.717) is 0 Å². The number of nitrogens with one attached hydrogen (secondary N) is 1. The Morgan fingerprint density at radius 3 is 2.80 bits per heavy atom. The summed E-state index contributed by atoms with van der Waals surface area (Å²) in [7, 11) is 0. The van der Waals surface area contributed by atoms with Gasteiger partial charge in [0.15, 0.2) is 11.6 Å². The number of hydroxylamine groups is 1. The minimum Gasteiger partial charge on any atom is -0.505 e. The summed E-state index contributed by atoms with van der Waals surface area (Å²) in [6, 6.07) is 3.43. The van der Waals surface area contributed by atoms with Gasteiger partial charge in [-0.2, -0.15) is 0 Å². The maximum Gasteiger partial charge on any atom is 0.267 e. The minimum atomic E-state index is -1.23. The normalized spacial score (nSPS) is 14.2. The van der Waals surface area contributed by atoms with Gasteiger partial charge in [-0.15, -0.1) is 0 Å². The summed E-state index contributed by atoms with van der Waals surface area (Å²) in [6.45, 7) is 1.95. The molecule has 0 bridgehead atoms. The van der Waals surface area contributed by atoms with Gasteiger partial charge in [0.05, 0.1) is 0 Å². The third-order valence-electron chi connectivity index (χ3n) is 2.53. The monoisotopic (exact) mass is 285 g/mol. The highest BCUT2D eigenvalue weighted by molar-refractivity contribution is 5.86. The fraction of sp³-hybridized carbons (Fsp3) is 0.308. The van der Waals surface area contributed by atoms with Crippen molar-refractivity contribution in [1.29, 1.82) is 0 Å². The van der Waals surface area contributed by atoms with Crippen LogP contribution in [-0.2, 0) is 9.53 Å². The number of phenolic OH excluding ortho intramolecular Hbond substituents is 1. The van der Waals surface area contributed by atoms with Crippen LogP contribution in [0.5, 0.6) is 5.75 Å². The molecule has 0 heterocycles. The zero-order valence-electron chi connectivity index (χ0n) is 10.8. The first kappa shape index (κ1) is 16.1. The first-order chi connectivity index (χ1) is 9.49. The summed E-state index contributed by atoms with van der Waals surface area (Å²) in [4.78, 5) is 10.9. The molecular weight excluding hydrogens is 269 g/mol. The Hall–Kier alpha value is -1.96. The van der Waals surface area contributed by atoms with Crippen LogP contribution in [0.25, 0.3) is 0 Å². The van der Waals surface area contributed by atoms with Crippen molar-refractivity contribution < 1.29 is 29.3 Å². The molecule has 0 aliphatic heterocycles. The van der Waals surface area contributed by atoms with Crippen molar-refractivity contribution in [2.24, 2.45) is 0 Å². The second-order valence-electron chi connectivity index (χ2n) is 3.91. The number of rotatable bonds is 6. The van der Waals surface area contributed by atoms with Crippen LogP contribution >= 0.6 is 0 Å². The largest absolute Gasteiger partial charge is 0.505 e. The van der Waals surface area contributed by atoms with Crippen LogP contribution in [0, 0.1) is 5.82 Å². The van der Waals surface area contributed by atoms with E-state index in [1.54, 1.807) is 6.92 Å². The number of amides is 1. The lowest BCUT2D eigenvalue weighted by atomic mass is 10.0. The van der Waals surface area contributed by atoms with Crippen LogP contribution in [0.1, 0.15) is 18.6 Å². The Morgan fingerprint density at radius 1 is 1.55 bits per heavy atom. The summed E-state index contributed by atoms with van der Waals surface area (Å²) in [6.07, 6.45) is 0.0965. The van der Waals surface area contributed by atoms with Crippen LogP contribution in [0.3, 0.4) is 0 Å². The predicted molar refractivity (Wildman–Crippen MR) is 67.5 cm³/mol. The number of hydrogen-bond acceptors (Lipinski definition) is 5. The van der Waals surface area contributed by atoms with E-state index in [0.717, 1.165) is 18.2 Å². The first-order valence-corrected chi connectivity index (χ1v) is 5.90. The van der Waals surface area contributed by atoms with E-state index in [-0.39, 0.29) is 12.2 Å². The molecule has 0 saturated carbocycles. The van der Waals surface area contributed by atoms with E-state index in [1.807, 2.05) is 0 Å². The SMILES string of the molecule is CCO[C@H](/C=C/C(=O)NO)[C@H](O)c1ccc(O)c(F)c1. The van der Waals surface area contributed by atoms with Gasteiger partial charge in [0.2, 0.25) is 0 Å². The summed E-state index contributed by atoms with van der Waals surface area (Å²) < 4.78 is 18.5.